The normalized spacial score (nSPS) is 10.5. The van der Waals surface area contributed by atoms with E-state index in [0.717, 1.165) is 10.6 Å². The molecule has 0 aliphatic heterocycles. The zero-order valence-electron chi connectivity index (χ0n) is 8.27. The summed E-state index contributed by atoms with van der Waals surface area (Å²) in [7, 11) is 0. The third kappa shape index (κ3) is 3.38. The molecule has 1 aromatic rings. The lowest BCUT2D eigenvalue weighted by atomic mass is 10.3. The van der Waals surface area contributed by atoms with Crippen molar-refractivity contribution in [2.45, 2.75) is 18.7 Å². The Morgan fingerprint density at radius 1 is 1.36 bits per heavy atom. The van der Waals surface area contributed by atoms with Gasteiger partial charge in [0.2, 0.25) is 0 Å². The fourth-order valence-electron chi connectivity index (χ4n) is 0.927. The van der Waals surface area contributed by atoms with E-state index in [2.05, 4.69) is 13.8 Å². The van der Waals surface area contributed by atoms with Crippen molar-refractivity contribution in [3.05, 3.63) is 34.4 Å². The van der Waals surface area contributed by atoms with E-state index in [1.54, 1.807) is 36.0 Å². The topological polar surface area (TPSA) is 43.1 Å². The zero-order valence-corrected chi connectivity index (χ0v) is 9.08. The van der Waals surface area contributed by atoms with E-state index in [-0.39, 0.29) is 10.6 Å². The van der Waals surface area contributed by atoms with Crippen LogP contribution in [-0.2, 0) is 0 Å². The minimum Gasteiger partial charge on any atom is -0.258 e. The van der Waals surface area contributed by atoms with Crippen molar-refractivity contribution < 1.29 is 4.92 Å². The lowest BCUT2D eigenvalue weighted by molar-refractivity contribution is -0.384. The third-order valence-corrected chi connectivity index (χ3v) is 3.07. The summed E-state index contributed by atoms with van der Waals surface area (Å²) in [6.45, 7) is 4.30. The Labute approximate surface area is 87.7 Å². The lowest BCUT2D eigenvalue weighted by Gasteiger charge is -2.03. The summed E-state index contributed by atoms with van der Waals surface area (Å²) in [5, 5.41) is 10.4. The predicted molar refractivity (Wildman–Crippen MR) is 58.7 cm³/mol. The Bertz CT molecular complexity index is 308. The van der Waals surface area contributed by atoms with Gasteiger partial charge in [-0.15, -0.1) is 11.8 Å². The zero-order chi connectivity index (χ0) is 10.6. The van der Waals surface area contributed by atoms with Crippen molar-refractivity contribution in [2.24, 2.45) is 5.92 Å². The van der Waals surface area contributed by atoms with Crippen LogP contribution in [0.2, 0.25) is 0 Å². The van der Waals surface area contributed by atoms with Crippen LogP contribution in [0.5, 0.6) is 0 Å². The van der Waals surface area contributed by atoms with Crippen molar-refractivity contribution in [3.8, 4) is 0 Å². The smallest absolute Gasteiger partial charge is 0.258 e. The van der Waals surface area contributed by atoms with E-state index in [4.69, 9.17) is 0 Å². The fourth-order valence-corrected chi connectivity index (χ4v) is 1.78. The first-order valence-electron chi connectivity index (χ1n) is 4.47. The number of hydrogen-bond acceptors (Lipinski definition) is 3. The summed E-state index contributed by atoms with van der Waals surface area (Å²) in [5.74, 6) is 1.67. The van der Waals surface area contributed by atoms with Crippen molar-refractivity contribution in [2.75, 3.05) is 5.75 Å². The van der Waals surface area contributed by atoms with E-state index in [1.807, 2.05) is 0 Å². The van der Waals surface area contributed by atoms with E-state index in [9.17, 15) is 10.1 Å². The Morgan fingerprint density at radius 2 is 1.93 bits per heavy atom. The number of hydrogen-bond donors (Lipinski definition) is 0. The van der Waals surface area contributed by atoms with Crippen LogP contribution in [0.4, 0.5) is 5.69 Å². The highest BCUT2D eigenvalue weighted by Gasteiger charge is 2.04. The van der Waals surface area contributed by atoms with Crippen molar-refractivity contribution in [1.82, 2.24) is 0 Å². The highest BCUT2D eigenvalue weighted by atomic mass is 32.2. The molecular formula is C10H13NO2S. The minimum absolute atomic E-state index is 0.152. The highest BCUT2D eigenvalue weighted by molar-refractivity contribution is 7.99. The second kappa shape index (κ2) is 5.00. The molecule has 1 rings (SSSR count). The van der Waals surface area contributed by atoms with Crippen LogP contribution in [0.25, 0.3) is 0 Å². The van der Waals surface area contributed by atoms with Gasteiger partial charge in [0.25, 0.3) is 5.69 Å². The first-order valence-corrected chi connectivity index (χ1v) is 5.45. The third-order valence-electron chi connectivity index (χ3n) is 1.63. The molecule has 0 aliphatic carbocycles. The number of nitro benzene ring substituents is 1. The highest BCUT2D eigenvalue weighted by Crippen LogP contribution is 2.22. The van der Waals surface area contributed by atoms with Crippen LogP contribution in [-0.4, -0.2) is 10.7 Å². The van der Waals surface area contributed by atoms with Crippen LogP contribution in [0.3, 0.4) is 0 Å². The molecule has 0 atom stereocenters. The second-order valence-electron chi connectivity index (χ2n) is 3.46. The van der Waals surface area contributed by atoms with Crippen molar-refractivity contribution in [3.63, 3.8) is 0 Å². The Hall–Kier alpha value is -1.03. The maximum absolute atomic E-state index is 10.4. The number of thioether (sulfide) groups is 1. The number of rotatable bonds is 4. The van der Waals surface area contributed by atoms with Gasteiger partial charge in [-0.3, -0.25) is 10.1 Å². The van der Waals surface area contributed by atoms with Gasteiger partial charge in [0.15, 0.2) is 0 Å². The molecule has 4 heteroatoms. The molecule has 0 saturated carbocycles. The summed E-state index contributed by atoms with van der Waals surface area (Å²) >= 11 is 1.73. The maximum Gasteiger partial charge on any atom is 0.269 e. The molecule has 0 N–H and O–H groups in total. The summed E-state index contributed by atoms with van der Waals surface area (Å²) in [5.41, 5.74) is 0.152. The number of nitrogens with zero attached hydrogens (tertiary/aromatic N) is 1. The molecule has 0 heterocycles. The van der Waals surface area contributed by atoms with Gasteiger partial charge >= 0.3 is 0 Å². The molecule has 0 fully saturated rings. The van der Waals surface area contributed by atoms with E-state index < -0.39 is 0 Å². The van der Waals surface area contributed by atoms with Gasteiger partial charge in [0.1, 0.15) is 0 Å². The Balaban J connectivity index is 2.60. The average Bonchev–Trinajstić information content (AvgIpc) is 2.15. The van der Waals surface area contributed by atoms with E-state index >= 15 is 0 Å². The first kappa shape index (κ1) is 11.0. The number of benzene rings is 1. The summed E-state index contributed by atoms with van der Waals surface area (Å²) in [6.07, 6.45) is 0. The monoisotopic (exact) mass is 211 g/mol. The molecule has 0 amide bonds. The second-order valence-corrected chi connectivity index (χ2v) is 4.55. The van der Waals surface area contributed by atoms with Crippen LogP contribution in [0, 0.1) is 16.0 Å². The lowest BCUT2D eigenvalue weighted by Crippen LogP contribution is -1.90. The molecular weight excluding hydrogens is 198 g/mol. The van der Waals surface area contributed by atoms with Crippen LogP contribution in [0.1, 0.15) is 13.8 Å². The molecule has 0 bridgehead atoms. The molecule has 0 aliphatic rings. The predicted octanol–water partition coefficient (Wildman–Crippen LogP) is 3.34. The van der Waals surface area contributed by atoms with Gasteiger partial charge in [-0.25, -0.2) is 0 Å². The van der Waals surface area contributed by atoms with Crippen LogP contribution in [0.15, 0.2) is 29.2 Å². The van der Waals surface area contributed by atoms with E-state index in [0.29, 0.717) is 5.92 Å². The van der Waals surface area contributed by atoms with Gasteiger partial charge in [-0.1, -0.05) is 13.8 Å². The minimum atomic E-state index is -0.378. The molecule has 14 heavy (non-hydrogen) atoms. The van der Waals surface area contributed by atoms with E-state index in [1.165, 1.54) is 0 Å². The standard InChI is InChI=1S/C10H13NO2S/c1-8(2)7-14-10-5-3-9(4-6-10)11(12)13/h3-6,8H,7H2,1-2H3. The Morgan fingerprint density at radius 3 is 2.36 bits per heavy atom. The maximum atomic E-state index is 10.4. The molecule has 0 aromatic heterocycles. The van der Waals surface area contributed by atoms with Gasteiger partial charge in [-0.2, -0.15) is 0 Å². The largest absolute Gasteiger partial charge is 0.269 e. The molecule has 3 nitrogen and oxygen atoms in total. The SMILES string of the molecule is CC(C)CSc1ccc([N+](=O)[O-])cc1. The first-order chi connectivity index (χ1) is 6.59. The summed E-state index contributed by atoms with van der Waals surface area (Å²) < 4.78 is 0. The molecule has 0 spiro atoms. The fraction of sp³-hybridized carbons (Fsp3) is 0.400. The molecule has 0 unspecified atom stereocenters. The van der Waals surface area contributed by atoms with Gasteiger partial charge < -0.3 is 0 Å². The molecule has 1 aromatic carbocycles. The van der Waals surface area contributed by atoms with Gasteiger partial charge in [0.05, 0.1) is 4.92 Å². The summed E-state index contributed by atoms with van der Waals surface area (Å²) in [4.78, 5) is 11.1. The van der Waals surface area contributed by atoms with Gasteiger partial charge in [0, 0.05) is 22.8 Å². The molecule has 0 saturated heterocycles. The van der Waals surface area contributed by atoms with Crippen molar-refractivity contribution in [1.29, 1.82) is 0 Å². The Kier molecular flexibility index (Phi) is 3.95. The van der Waals surface area contributed by atoms with Crippen LogP contribution < -0.4 is 0 Å². The molecule has 0 radical (unpaired) electrons. The summed E-state index contributed by atoms with van der Waals surface area (Å²) in [6, 6.07) is 6.68. The van der Waals surface area contributed by atoms with Crippen molar-refractivity contribution >= 4 is 17.4 Å². The number of nitro groups is 1. The van der Waals surface area contributed by atoms with Gasteiger partial charge in [-0.05, 0) is 18.1 Å². The molecule has 76 valence electrons. The van der Waals surface area contributed by atoms with Crippen LogP contribution >= 0.6 is 11.8 Å². The average molecular weight is 211 g/mol. The number of non-ortho nitro benzene ring substituents is 1. The quantitative estimate of drug-likeness (QED) is 0.436.